The quantitative estimate of drug-likeness (QED) is 0.765. The summed E-state index contributed by atoms with van der Waals surface area (Å²) in [5.41, 5.74) is 3.89. The van der Waals surface area contributed by atoms with E-state index in [9.17, 15) is 9.90 Å². The van der Waals surface area contributed by atoms with Gasteiger partial charge in [-0.15, -0.1) is 0 Å². The highest BCUT2D eigenvalue weighted by molar-refractivity contribution is 6.00. The molecule has 1 aromatic heterocycles. The number of carboxylic acid groups (broad SMARTS) is 1. The highest BCUT2D eigenvalue weighted by atomic mass is 16.4. The third-order valence-electron chi connectivity index (χ3n) is 3.41. The van der Waals surface area contributed by atoms with E-state index >= 15 is 0 Å². The largest absolute Gasteiger partial charge is 0.478 e. The van der Waals surface area contributed by atoms with Crippen LogP contribution < -0.4 is 0 Å². The minimum absolute atomic E-state index is 0.231. The van der Waals surface area contributed by atoms with E-state index < -0.39 is 5.97 Å². The number of carbonyl (C=O) groups is 1. The van der Waals surface area contributed by atoms with E-state index in [1.807, 2.05) is 18.2 Å². The minimum Gasteiger partial charge on any atom is -0.478 e. The number of aromatic nitrogens is 2. The molecule has 0 amide bonds. The van der Waals surface area contributed by atoms with Gasteiger partial charge in [0.15, 0.2) is 0 Å². The first-order chi connectivity index (χ1) is 9.65. The zero-order valence-corrected chi connectivity index (χ0v) is 11.1. The second-order valence-corrected chi connectivity index (χ2v) is 4.79. The minimum atomic E-state index is -0.954. The Morgan fingerprint density at radius 1 is 1.20 bits per heavy atom. The predicted molar refractivity (Wildman–Crippen MR) is 77.0 cm³/mol. The van der Waals surface area contributed by atoms with Crippen LogP contribution in [0.15, 0.2) is 42.5 Å². The molecule has 0 fully saturated rings. The van der Waals surface area contributed by atoms with Gasteiger partial charge in [-0.1, -0.05) is 30.3 Å². The van der Waals surface area contributed by atoms with E-state index in [1.165, 1.54) is 11.1 Å². The van der Waals surface area contributed by atoms with Crippen molar-refractivity contribution in [3.05, 3.63) is 65.0 Å². The van der Waals surface area contributed by atoms with Gasteiger partial charge >= 0.3 is 5.97 Å². The number of H-pyrrole nitrogens is 1. The maximum absolute atomic E-state index is 11.2. The monoisotopic (exact) mass is 266 g/mol. The first kappa shape index (κ1) is 12.4. The molecule has 2 N–H and O–H groups in total. The molecule has 0 radical (unpaired) electrons. The smallest absolute Gasteiger partial charge is 0.337 e. The Hall–Kier alpha value is -2.62. The number of para-hydroxylation sites is 1. The molecule has 1 heterocycles. The summed E-state index contributed by atoms with van der Waals surface area (Å²) in [5, 5.41) is 9.17. The molecule has 0 saturated carbocycles. The normalized spacial score (nSPS) is 10.8. The molecule has 2 aromatic carbocycles. The lowest BCUT2D eigenvalue weighted by molar-refractivity contribution is 0.0699. The van der Waals surface area contributed by atoms with Crippen molar-refractivity contribution in [1.29, 1.82) is 0 Å². The van der Waals surface area contributed by atoms with Gasteiger partial charge in [-0.05, 0) is 30.2 Å². The van der Waals surface area contributed by atoms with E-state index in [0.29, 0.717) is 11.9 Å². The van der Waals surface area contributed by atoms with Gasteiger partial charge in [-0.3, -0.25) is 0 Å². The lowest BCUT2D eigenvalue weighted by Gasteiger charge is -2.02. The van der Waals surface area contributed by atoms with Crippen LogP contribution in [0.5, 0.6) is 0 Å². The third-order valence-corrected chi connectivity index (χ3v) is 3.41. The van der Waals surface area contributed by atoms with E-state index in [1.54, 1.807) is 12.1 Å². The van der Waals surface area contributed by atoms with Crippen LogP contribution in [0.4, 0.5) is 0 Å². The van der Waals surface area contributed by atoms with Crippen LogP contribution in [0, 0.1) is 6.92 Å². The number of aromatic amines is 1. The van der Waals surface area contributed by atoms with Crippen molar-refractivity contribution >= 4 is 17.0 Å². The molecule has 0 aliphatic rings. The molecule has 0 saturated heterocycles. The Balaban J connectivity index is 2.04. The molecule has 0 bridgehead atoms. The standard InChI is InChI=1S/C16H14N2O2/c1-10-5-2-3-6-11(10)9-14-17-13-8-4-7-12(16(19)20)15(13)18-14/h2-8H,9H2,1H3,(H,17,18)(H,19,20). The number of nitrogens with one attached hydrogen (secondary N) is 1. The topological polar surface area (TPSA) is 66.0 Å². The maximum Gasteiger partial charge on any atom is 0.337 e. The van der Waals surface area contributed by atoms with Crippen molar-refractivity contribution in [2.75, 3.05) is 0 Å². The number of nitrogens with zero attached hydrogens (tertiary/aromatic N) is 1. The van der Waals surface area contributed by atoms with Crippen molar-refractivity contribution in [1.82, 2.24) is 9.97 Å². The number of aromatic carboxylic acids is 1. The Labute approximate surface area is 116 Å². The van der Waals surface area contributed by atoms with Gasteiger partial charge in [0.1, 0.15) is 11.3 Å². The SMILES string of the molecule is Cc1ccccc1Cc1nc2c(C(=O)O)cccc2[nH]1. The summed E-state index contributed by atoms with van der Waals surface area (Å²) in [6, 6.07) is 13.2. The summed E-state index contributed by atoms with van der Waals surface area (Å²) >= 11 is 0. The van der Waals surface area contributed by atoms with Gasteiger partial charge in [0.2, 0.25) is 0 Å². The molecule has 0 atom stereocenters. The summed E-state index contributed by atoms with van der Waals surface area (Å²) in [5.74, 6) is -0.174. The van der Waals surface area contributed by atoms with Crippen LogP contribution in [0.25, 0.3) is 11.0 Å². The van der Waals surface area contributed by atoms with Crippen molar-refractivity contribution in [3.8, 4) is 0 Å². The van der Waals surface area contributed by atoms with Crippen LogP contribution in [-0.2, 0) is 6.42 Å². The van der Waals surface area contributed by atoms with Gasteiger partial charge in [0.05, 0.1) is 11.1 Å². The highest BCUT2D eigenvalue weighted by Crippen LogP contribution is 2.19. The second kappa shape index (κ2) is 4.81. The molecule has 100 valence electrons. The van der Waals surface area contributed by atoms with Crippen LogP contribution in [0.3, 0.4) is 0 Å². The van der Waals surface area contributed by atoms with Crippen molar-refractivity contribution in [3.63, 3.8) is 0 Å². The highest BCUT2D eigenvalue weighted by Gasteiger charge is 2.12. The van der Waals surface area contributed by atoms with Crippen molar-refractivity contribution in [2.24, 2.45) is 0 Å². The average Bonchev–Trinajstić information content (AvgIpc) is 2.83. The summed E-state index contributed by atoms with van der Waals surface area (Å²) in [6.45, 7) is 2.06. The molecule has 0 unspecified atom stereocenters. The fourth-order valence-corrected chi connectivity index (χ4v) is 2.33. The van der Waals surface area contributed by atoms with Gasteiger partial charge in [0.25, 0.3) is 0 Å². The number of rotatable bonds is 3. The molecular weight excluding hydrogens is 252 g/mol. The first-order valence-electron chi connectivity index (χ1n) is 6.40. The Kier molecular flexibility index (Phi) is 2.99. The van der Waals surface area contributed by atoms with E-state index in [-0.39, 0.29) is 5.56 Å². The van der Waals surface area contributed by atoms with Crippen LogP contribution in [0.2, 0.25) is 0 Å². The first-order valence-corrected chi connectivity index (χ1v) is 6.40. The number of aryl methyl sites for hydroxylation is 1. The van der Waals surface area contributed by atoms with Gasteiger partial charge in [0, 0.05) is 6.42 Å². The Morgan fingerprint density at radius 2 is 2.00 bits per heavy atom. The summed E-state index contributed by atoms with van der Waals surface area (Å²) < 4.78 is 0. The molecule has 0 aliphatic carbocycles. The molecule has 0 spiro atoms. The summed E-state index contributed by atoms with van der Waals surface area (Å²) in [7, 11) is 0. The third kappa shape index (κ3) is 2.16. The van der Waals surface area contributed by atoms with Gasteiger partial charge < -0.3 is 10.1 Å². The summed E-state index contributed by atoms with van der Waals surface area (Å²) in [6.07, 6.45) is 0.667. The predicted octanol–water partition coefficient (Wildman–Crippen LogP) is 3.16. The number of carboxylic acids is 1. The van der Waals surface area contributed by atoms with Crippen LogP contribution >= 0.6 is 0 Å². The molecule has 4 nitrogen and oxygen atoms in total. The average molecular weight is 266 g/mol. The van der Waals surface area contributed by atoms with E-state index in [2.05, 4.69) is 29.0 Å². The number of hydrogen-bond acceptors (Lipinski definition) is 2. The van der Waals surface area contributed by atoms with Gasteiger partial charge in [-0.2, -0.15) is 0 Å². The molecule has 4 heteroatoms. The maximum atomic E-state index is 11.2. The van der Waals surface area contributed by atoms with Crippen LogP contribution in [0.1, 0.15) is 27.3 Å². The molecule has 0 aliphatic heterocycles. The molecule has 3 rings (SSSR count). The van der Waals surface area contributed by atoms with Gasteiger partial charge in [-0.25, -0.2) is 9.78 Å². The molecule has 20 heavy (non-hydrogen) atoms. The summed E-state index contributed by atoms with van der Waals surface area (Å²) in [4.78, 5) is 18.8. The lowest BCUT2D eigenvalue weighted by Crippen LogP contribution is -1.97. The number of hydrogen-bond donors (Lipinski definition) is 2. The zero-order valence-electron chi connectivity index (χ0n) is 11.1. The molecular formula is C16H14N2O2. The molecule has 3 aromatic rings. The van der Waals surface area contributed by atoms with Crippen molar-refractivity contribution in [2.45, 2.75) is 13.3 Å². The second-order valence-electron chi connectivity index (χ2n) is 4.79. The van der Waals surface area contributed by atoms with E-state index in [4.69, 9.17) is 0 Å². The Morgan fingerprint density at radius 3 is 2.75 bits per heavy atom. The number of imidazole rings is 1. The Bertz CT molecular complexity index is 790. The van der Waals surface area contributed by atoms with E-state index in [0.717, 1.165) is 11.3 Å². The number of benzene rings is 2. The fourth-order valence-electron chi connectivity index (χ4n) is 2.33. The van der Waals surface area contributed by atoms with Crippen LogP contribution in [-0.4, -0.2) is 21.0 Å². The van der Waals surface area contributed by atoms with Crippen molar-refractivity contribution < 1.29 is 9.90 Å². The fraction of sp³-hybridized carbons (Fsp3) is 0.125. The number of fused-ring (bicyclic) bond motifs is 1. The lowest BCUT2D eigenvalue weighted by atomic mass is 10.1. The zero-order chi connectivity index (χ0) is 14.1.